The Hall–Kier alpha value is -0.560. The number of hydrogen-bond acceptors (Lipinski definition) is 1. The summed E-state index contributed by atoms with van der Waals surface area (Å²) in [6.07, 6.45) is 10.1. The Morgan fingerprint density at radius 2 is 2.00 bits per heavy atom. The quantitative estimate of drug-likeness (QED) is 0.664. The lowest BCUT2D eigenvalue weighted by atomic mass is 9.50. The Kier molecular flexibility index (Phi) is 4.46. The van der Waals surface area contributed by atoms with Gasteiger partial charge in [0.25, 0.3) is 0 Å². The number of hydrogen-bond donors (Lipinski definition) is 1. The molecule has 0 amide bonds. The van der Waals surface area contributed by atoms with Crippen molar-refractivity contribution in [3.63, 3.8) is 0 Å². The summed E-state index contributed by atoms with van der Waals surface area (Å²) in [5, 5.41) is 10.3. The van der Waals surface area contributed by atoms with Crippen LogP contribution >= 0.6 is 0 Å². The zero-order chi connectivity index (χ0) is 15.9. The molecule has 0 aromatic heterocycles. The van der Waals surface area contributed by atoms with Crippen LogP contribution in [0.1, 0.15) is 79.6 Å². The van der Waals surface area contributed by atoms with Gasteiger partial charge in [0.2, 0.25) is 0 Å². The van der Waals surface area contributed by atoms with E-state index in [1.165, 1.54) is 32.1 Å². The molecule has 2 aliphatic carbocycles. The maximum Gasteiger partial charge on any atom is 0.0800 e. The van der Waals surface area contributed by atoms with Gasteiger partial charge in [0.15, 0.2) is 0 Å². The molecule has 2 rings (SSSR count). The van der Waals surface area contributed by atoms with Crippen molar-refractivity contribution < 1.29 is 5.11 Å². The molecule has 1 N–H and O–H groups in total. The minimum absolute atomic E-state index is 0.349. The van der Waals surface area contributed by atoms with Crippen LogP contribution in [0.15, 0.2) is 23.8 Å². The Labute approximate surface area is 131 Å². The van der Waals surface area contributed by atoms with Crippen molar-refractivity contribution >= 4 is 0 Å². The van der Waals surface area contributed by atoms with Crippen LogP contribution in [0.5, 0.6) is 0 Å². The average Bonchev–Trinajstić information content (AvgIpc) is 2.36. The van der Waals surface area contributed by atoms with Crippen LogP contribution in [0.25, 0.3) is 0 Å². The fourth-order valence-electron chi connectivity index (χ4n) is 5.17. The molecule has 1 saturated carbocycles. The largest absolute Gasteiger partial charge is 0.386 e. The van der Waals surface area contributed by atoms with Gasteiger partial charge in [-0.15, -0.1) is 6.58 Å². The van der Waals surface area contributed by atoms with Gasteiger partial charge in [0.1, 0.15) is 0 Å². The van der Waals surface area contributed by atoms with Gasteiger partial charge < -0.3 is 5.11 Å². The highest BCUT2D eigenvalue weighted by Crippen LogP contribution is 2.60. The van der Waals surface area contributed by atoms with E-state index in [0.29, 0.717) is 10.8 Å². The van der Waals surface area contributed by atoms with Crippen molar-refractivity contribution in [3.05, 3.63) is 23.8 Å². The number of fused-ring (bicyclic) bond motifs is 1. The van der Waals surface area contributed by atoms with Gasteiger partial charge in [0.05, 0.1) is 5.60 Å². The van der Waals surface area contributed by atoms with Crippen LogP contribution in [0.3, 0.4) is 0 Å². The highest BCUT2D eigenvalue weighted by atomic mass is 16.3. The molecular weight excluding hydrogens is 256 g/mol. The normalized spacial score (nSPS) is 35.0. The highest BCUT2D eigenvalue weighted by Gasteiger charge is 2.49. The molecule has 0 aliphatic heterocycles. The molecular formula is C20H34O. The molecule has 3 atom stereocenters. The van der Waals surface area contributed by atoms with E-state index in [-0.39, 0.29) is 0 Å². The van der Waals surface area contributed by atoms with Gasteiger partial charge in [-0.05, 0) is 69.1 Å². The second-order valence-corrected chi connectivity index (χ2v) is 8.67. The predicted octanol–water partition coefficient (Wildman–Crippen LogP) is 5.65. The van der Waals surface area contributed by atoms with Crippen molar-refractivity contribution in [3.8, 4) is 0 Å². The molecule has 1 nitrogen and oxygen atoms in total. The van der Waals surface area contributed by atoms with E-state index in [1.54, 1.807) is 17.2 Å². The Morgan fingerprint density at radius 3 is 2.62 bits per heavy atom. The van der Waals surface area contributed by atoms with Crippen molar-refractivity contribution in [2.24, 2.45) is 16.7 Å². The van der Waals surface area contributed by atoms with E-state index in [4.69, 9.17) is 0 Å². The predicted molar refractivity (Wildman–Crippen MR) is 91.2 cm³/mol. The smallest absolute Gasteiger partial charge is 0.0800 e. The van der Waals surface area contributed by atoms with Gasteiger partial charge in [-0.3, -0.25) is 0 Å². The molecule has 0 heterocycles. The first-order valence-corrected chi connectivity index (χ1v) is 8.67. The summed E-state index contributed by atoms with van der Waals surface area (Å²) in [4.78, 5) is 0. The summed E-state index contributed by atoms with van der Waals surface area (Å²) < 4.78 is 0. The molecule has 0 unspecified atom stereocenters. The maximum atomic E-state index is 10.3. The van der Waals surface area contributed by atoms with Crippen molar-refractivity contribution in [2.75, 3.05) is 0 Å². The van der Waals surface area contributed by atoms with E-state index >= 15 is 0 Å². The van der Waals surface area contributed by atoms with Crippen molar-refractivity contribution in [2.45, 2.75) is 85.2 Å². The molecule has 21 heavy (non-hydrogen) atoms. The minimum atomic E-state index is -0.735. The standard InChI is InChI=1S/C20H34O/c1-7-19(5,21)14-11-16-15(2)9-10-17-18(3,4)12-8-13-20(16,17)6/h7,17,21H,1,8-14H2,2-6H3/t17-,19+,20+/m0/s1. The zero-order valence-corrected chi connectivity index (χ0v) is 14.8. The summed E-state index contributed by atoms with van der Waals surface area (Å²) in [5.74, 6) is 0.797. The lowest BCUT2D eigenvalue weighted by Crippen LogP contribution is -2.45. The number of aliphatic hydroxyl groups is 1. The lowest BCUT2D eigenvalue weighted by Gasteiger charge is -2.55. The molecule has 0 bridgehead atoms. The molecule has 120 valence electrons. The van der Waals surface area contributed by atoms with Crippen LogP contribution in [0, 0.1) is 16.7 Å². The zero-order valence-electron chi connectivity index (χ0n) is 14.8. The van der Waals surface area contributed by atoms with Crippen molar-refractivity contribution in [1.29, 1.82) is 0 Å². The third-order valence-corrected chi connectivity index (χ3v) is 6.56. The van der Waals surface area contributed by atoms with E-state index < -0.39 is 5.60 Å². The SMILES string of the molecule is C=C[C@@](C)(O)CCC1=C(C)CC[C@H]2C(C)(C)CCC[C@]12C. The first kappa shape index (κ1) is 16.8. The van der Waals surface area contributed by atoms with Crippen LogP contribution in [-0.4, -0.2) is 10.7 Å². The average molecular weight is 290 g/mol. The fourth-order valence-corrected chi connectivity index (χ4v) is 5.17. The molecule has 0 spiro atoms. The van der Waals surface area contributed by atoms with Gasteiger partial charge in [-0.1, -0.05) is 44.4 Å². The Morgan fingerprint density at radius 1 is 1.33 bits per heavy atom. The van der Waals surface area contributed by atoms with E-state index in [1.807, 2.05) is 6.92 Å². The molecule has 0 saturated heterocycles. The molecule has 0 radical (unpaired) electrons. The molecule has 0 aromatic carbocycles. The first-order valence-electron chi connectivity index (χ1n) is 8.67. The third kappa shape index (κ3) is 3.13. The summed E-state index contributed by atoms with van der Waals surface area (Å²) >= 11 is 0. The fraction of sp³-hybridized carbons (Fsp3) is 0.800. The van der Waals surface area contributed by atoms with Gasteiger partial charge >= 0.3 is 0 Å². The maximum absolute atomic E-state index is 10.3. The van der Waals surface area contributed by atoms with Gasteiger partial charge in [-0.25, -0.2) is 0 Å². The monoisotopic (exact) mass is 290 g/mol. The number of allylic oxidation sites excluding steroid dienone is 2. The molecule has 1 fully saturated rings. The third-order valence-electron chi connectivity index (χ3n) is 6.56. The van der Waals surface area contributed by atoms with E-state index in [0.717, 1.165) is 18.8 Å². The lowest BCUT2D eigenvalue weighted by molar-refractivity contribution is 0.00784. The minimum Gasteiger partial charge on any atom is -0.386 e. The van der Waals surface area contributed by atoms with E-state index in [9.17, 15) is 5.11 Å². The van der Waals surface area contributed by atoms with Crippen LogP contribution in [0.2, 0.25) is 0 Å². The van der Waals surface area contributed by atoms with Crippen molar-refractivity contribution in [1.82, 2.24) is 0 Å². The Balaban J connectivity index is 2.27. The van der Waals surface area contributed by atoms with Crippen LogP contribution in [0.4, 0.5) is 0 Å². The summed E-state index contributed by atoms with van der Waals surface area (Å²) in [6, 6.07) is 0. The molecule has 0 aromatic rings. The molecule has 2 aliphatic rings. The first-order chi connectivity index (χ1) is 9.62. The summed E-state index contributed by atoms with van der Waals surface area (Å²) in [6.45, 7) is 15.4. The van der Waals surface area contributed by atoms with Crippen LogP contribution < -0.4 is 0 Å². The summed E-state index contributed by atoms with van der Waals surface area (Å²) in [7, 11) is 0. The molecule has 1 heteroatoms. The van der Waals surface area contributed by atoms with E-state index in [2.05, 4.69) is 34.3 Å². The topological polar surface area (TPSA) is 20.2 Å². The van der Waals surface area contributed by atoms with Gasteiger partial charge in [0, 0.05) is 0 Å². The van der Waals surface area contributed by atoms with Crippen LogP contribution in [-0.2, 0) is 0 Å². The second-order valence-electron chi connectivity index (χ2n) is 8.67. The number of rotatable bonds is 4. The van der Waals surface area contributed by atoms with Gasteiger partial charge in [-0.2, -0.15) is 0 Å². The summed E-state index contributed by atoms with van der Waals surface area (Å²) in [5.41, 5.74) is 3.31. The Bertz CT molecular complexity index is 441. The second kappa shape index (κ2) is 5.57. The highest BCUT2D eigenvalue weighted by molar-refractivity contribution is 5.27.